The maximum absolute atomic E-state index is 4.05. The normalized spacial score (nSPS) is 20.4. The summed E-state index contributed by atoms with van der Waals surface area (Å²) in [7, 11) is 0. The van der Waals surface area contributed by atoms with E-state index in [1.54, 1.807) is 14.4 Å². The SMILES string of the molecule is C=CC[C]1([Zr][C]2=C(CCCC)C=CC2)C=Cc2ccccc21.Cl.Cl. The molecule has 0 bridgehead atoms. The van der Waals surface area contributed by atoms with Crippen molar-refractivity contribution >= 4 is 30.9 Å². The van der Waals surface area contributed by atoms with Crippen LogP contribution in [0, 0.1) is 0 Å². The van der Waals surface area contributed by atoms with Crippen molar-refractivity contribution in [3.8, 4) is 0 Å². The molecule has 0 saturated heterocycles. The largest absolute Gasteiger partial charge is 0.147 e. The topological polar surface area (TPSA) is 0 Å². The molecule has 3 heteroatoms. The van der Waals surface area contributed by atoms with Gasteiger partial charge in [0.05, 0.1) is 0 Å². The molecule has 0 saturated carbocycles. The zero-order valence-corrected chi connectivity index (χ0v) is 18.3. The summed E-state index contributed by atoms with van der Waals surface area (Å²) in [6, 6.07) is 8.95. The summed E-state index contributed by atoms with van der Waals surface area (Å²) in [5.41, 5.74) is 4.64. The van der Waals surface area contributed by atoms with Crippen LogP contribution in [0.3, 0.4) is 0 Å². The van der Waals surface area contributed by atoms with E-state index in [2.05, 4.69) is 68.1 Å². The first-order valence-electron chi connectivity index (χ1n) is 8.35. The Kier molecular flexibility index (Phi) is 8.99. The van der Waals surface area contributed by atoms with Crippen LogP contribution in [0.1, 0.15) is 50.2 Å². The minimum Gasteiger partial charge on any atom is -0.147 e. The van der Waals surface area contributed by atoms with Gasteiger partial charge in [0.1, 0.15) is 0 Å². The molecule has 0 aliphatic heterocycles. The van der Waals surface area contributed by atoms with E-state index >= 15 is 0 Å². The third-order valence-corrected chi connectivity index (χ3v) is 9.36. The zero-order chi connectivity index (χ0) is 15.4. The van der Waals surface area contributed by atoms with E-state index in [4.69, 9.17) is 0 Å². The van der Waals surface area contributed by atoms with Crippen molar-refractivity contribution in [1.82, 2.24) is 0 Å². The fraction of sp³-hybridized carbons (Fsp3) is 0.333. The van der Waals surface area contributed by atoms with E-state index in [1.807, 2.05) is 0 Å². The van der Waals surface area contributed by atoms with Gasteiger partial charge >= 0.3 is 147 Å². The maximum atomic E-state index is 4.05. The van der Waals surface area contributed by atoms with Gasteiger partial charge < -0.3 is 0 Å². The Morgan fingerprint density at radius 3 is 2.75 bits per heavy atom. The quantitative estimate of drug-likeness (QED) is 0.408. The van der Waals surface area contributed by atoms with Crippen LogP contribution in [0.25, 0.3) is 6.08 Å². The summed E-state index contributed by atoms with van der Waals surface area (Å²) in [6.45, 7) is 6.33. The Labute approximate surface area is 170 Å². The van der Waals surface area contributed by atoms with E-state index in [0.717, 1.165) is 6.42 Å². The third-order valence-electron chi connectivity index (χ3n) is 4.66. The number of fused-ring (bicyclic) bond motifs is 1. The van der Waals surface area contributed by atoms with Crippen LogP contribution in [-0.2, 0) is 26.4 Å². The molecule has 1 aromatic carbocycles. The maximum Gasteiger partial charge on any atom is -0.147 e. The minimum atomic E-state index is -0.718. The standard InChI is InChI=1S/C12H11.C9H13.2ClH.Zr/c1-2-5-10-8-9-11-6-3-4-7-12(10)11;1-2-3-6-9-7-4-5-8-9;;;/h2-4,6-9H,1,5H2;4,7H,2-3,5-6H2,1H3;2*1H;. The van der Waals surface area contributed by atoms with Crippen LogP contribution in [0.5, 0.6) is 0 Å². The molecule has 24 heavy (non-hydrogen) atoms. The van der Waals surface area contributed by atoms with Crippen LogP contribution >= 0.6 is 24.8 Å². The molecule has 2 aliphatic rings. The Morgan fingerprint density at radius 2 is 2.00 bits per heavy atom. The molecule has 0 amide bonds. The van der Waals surface area contributed by atoms with E-state index in [1.165, 1.54) is 31.2 Å². The second-order valence-electron chi connectivity index (χ2n) is 6.22. The first-order valence-corrected chi connectivity index (χ1v) is 10.8. The molecule has 3 rings (SSSR count). The first kappa shape index (κ1) is 21.7. The molecule has 0 aromatic heterocycles. The van der Waals surface area contributed by atoms with Gasteiger partial charge in [-0.2, -0.15) is 0 Å². The van der Waals surface area contributed by atoms with Gasteiger partial charge in [-0.05, 0) is 0 Å². The van der Waals surface area contributed by atoms with Gasteiger partial charge in [0.25, 0.3) is 0 Å². The van der Waals surface area contributed by atoms with Crippen molar-refractivity contribution in [2.75, 3.05) is 0 Å². The molecular weight excluding hydrogens is 414 g/mol. The summed E-state index contributed by atoms with van der Waals surface area (Å²) < 4.78 is 2.10. The third kappa shape index (κ3) is 4.43. The van der Waals surface area contributed by atoms with Crippen molar-refractivity contribution < 1.29 is 23.2 Å². The zero-order valence-electron chi connectivity index (χ0n) is 14.3. The van der Waals surface area contributed by atoms with Gasteiger partial charge in [0.2, 0.25) is 0 Å². The summed E-state index contributed by atoms with van der Waals surface area (Å²) >= 11 is -0.718. The number of hydrogen-bond donors (Lipinski definition) is 0. The second kappa shape index (κ2) is 9.95. The molecule has 1 aromatic rings. The average molecular weight is 441 g/mol. The molecule has 128 valence electrons. The average Bonchev–Trinajstić information content (AvgIpc) is 3.12. The Morgan fingerprint density at radius 1 is 1.21 bits per heavy atom. The summed E-state index contributed by atoms with van der Waals surface area (Å²) in [4.78, 5) is 0. The molecule has 0 N–H and O–H groups in total. The van der Waals surface area contributed by atoms with Gasteiger partial charge in [0, 0.05) is 0 Å². The van der Waals surface area contributed by atoms with Crippen molar-refractivity contribution in [2.45, 2.75) is 42.2 Å². The van der Waals surface area contributed by atoms with Crippen LogP contribution in [0.2, 0.25) is 0 Å². The van der Waals surface area contributed by atoms with E-state index in [0.29, 0.717) is 3.12 Å². The van der Waals surface area contributed by atoms with Crippen LogP contribution in [0.15, 0.2) is 64.0 Å². The Bertz CT molecular complexity index is 658. The molecule has 1 unspecified atom stereocenters. The van der Waals surface area contributed by atoms with E-state index in [-0.39, 0.29) is 24.8 Å². The Hall–Kier alpha value is -0.357. The monoisotopic (exact) mass is 438 g/mol. The van der Waals surface area contributed by atoms with Crippen LogP contribution in [-0.4, -0.2) is 0 Å². The number of unbranched alkanes of at least 4 members (excludes halogenated alkanes) is 1. The van der Waals surface area contributed by atoms with Crippen LogP contribution in [0.4, 0.5) is 0 Å². The minimum absolute atomic E-state index is 0. The summed E-state index contributed by atoms with van der Waals surface area (Å²) in [5.74, 6) is 0. The number of halogens is 2. The summed E-state index contributed by atoms with van der Waals surface area (Å²) in [5, 5.41) is 0. The van der Waals surface area contributed by atoms with Gasteiger partial charge in [-0.1, -0.05) is 0 Å². The second-order valence-corrected chi connectivity index (χ2v) is 10.5. The van der Waals surface area contributed by atoms with Crippen molar-refractivity contribution in [3.63, 3.8) is 0 Å². The van der Waals surface area contributed by atoms with Crippen molar-refractivity contribution in [1.29, 1.82) is 0 Å². The number of allylic oxidation sites excluding steroid dienone is 6. The summed E-state index contributed by atoms with van der Waals surface area (Å²) in [6.07, 6.45) is 17.9. The predicted octanol–water partition coefficient (Wildman–Crippen LogP) is 6.82. The molecule has 0 fully saturated rings. The molecular formula is C21H26Cl2Zr. The van der Waals surface area contributed by atoms with Gasteiger partial charge in [-0.15, -0.1) is 24.8 Å². The molecule has 0 heterocycles. The van der Waals surface area contributed by atoms with Gasteiger partial charge in [0.15, 0.2) is 0 Å². The molecule has 0 spiro atoms. The molecule has 2 aliphatic carbocycles. The number of benzene rings is 1. The van der Waals surface area contributed by atoms with Crippen LogP contribution < -0.4 is 0 Å². The fourth-order valence-electron chi connectivity index (χ4n) is 3.49. The van der Waals surface area contributed by atoms with Gasteiger partial charge in [-0.3, -0.25) is 0 Å². The molecule has 1 atom stereocenters. The van der Waals surface area contributed by atoms with Crippen molar-refractivity contribution in [2.24, 2.45) is 0 Å². The van der Waals surface area contributed by atoms with E-state index < -0.39 is 23.2 Å². The predicted molar refractivity (Wildman–Crippen MR) is 107 cm³/mol. The van der Waals surface area contributed by atoms with E-state index in [9.17, 15) is 0 Å². The van der Waals surface area contributed by atoms with Crippen molar-refractivity contribution in [3.05, 3.63) is 75.1 Å². The smallest absolute Gasteiger partial charge is 0.147 e. The first-order chi connectivity index (χ1) is 10.8. The Balaban J connectivity index is 0.00000144. The number of hydrogen-bond acceptors (Lipinski definition) is 0. The molecule has 0 radical (unpaired) electrons. The number of rotatable bonds is 7. The van der Waals surface area contributed by atoms with Gasteiger partial charge in [-0.25, -0.2) is 0 Å². The fourth-order valence-corrected chi connectivity index (χ4v) is 8.17. The molecule has 0 nitrogen and oxygen atoms in total.